The summed E-state index contributed by atoms with van der Waals surface area (Å²) in [6.45, 7) is -0.473. The Morgan fingerprint density at radius 3 is 2.18 bits per heavy atom. The molecular formula is C3H8ClO6P. The molecule has 0 rings (SSSR count). The van der Waals surface area contributed by atoms with Crippen molar-refractivity contribution in [2.45, 2.75) is 6.42 Å². The van der Waals surface area contributed by atoms with Crippen molar-refractivity contribution in [3.8, 4) is 0 Å². The van der Waals surface area contributed by atoms with E-state index in [1.165, 1.54) is 0 Å². The zero-order chi connectivity index (χ0) is 8.20. The molecule has 0 amide bonds. The van der Waals surface area contributed by atoms with Gasteiger partial charge >= 0.3 is 13.8 Å². The van der Waals surface area contributed by atoms with Crippen LogP contribution in [0.3, 0.4) is 0 Å². The van der Waals surface area contributed by atoms with Gasteiger partial charge in [0.25, 0.3) is 0 Å². The van der Waals surface area contributed by atoms with Crippen LogP contribution in [0.5, 0.6) is 0 Å². The maximum absolute atomic E-state index is 9.89. The highest BCUT2D eigenvalue weighted by molar-refractivity contribution is 7.46. The number of rotatable bonds is 4. The van der Waals surface area contributed by atoms with Crippen LogP contribution in [0.1, 0.15) is 6.42 Å². The van der Waals surface area contributed by atoms with Crippen molar-refractivity contribution < 1.29 is 28.8 Å². The number of hydrogen-bond acceptors (Lipinski definition) is 3. The Morgan fingerprint density at radius 2 is 1.91 bits per heavy atom. The lowest BCUT2D eigenvalue weighted by atomic mass is 10.5. The lowest BCUT2D eigenvalue weighted by molar-refractivity contribution is -0.137. The highest BCUT2D eigenvalue weighted by Crippen LogP contribution is 2.35. The summed E-state index contributed by atoms with van der Waals surface area (Å²) in [5, 5.41) is 7.98. The SMILES string of the molecule is Cl.O=C(O)CCOP(=O)(O)O. The molecule has 0 aromatic rings. The Hall–Kier alpha value is -0.130. The van der Waals surface area contributed by atoms with Crippen molar-refractivity contribution in [3.05, 3.63) is 0 Å². The van der Waals surface area contributed by atoms with Crippen molar-refractivity contribution in [2.75, 3.05) is 6.61 Å². The van der Waals surface area contributed by atoms with Gasteiger partial charge in [-0.1, -0.05) is 0 Å². The van der Waals surface area contributed by atoms with Gasteiger partial charge in [0.15, 0.2) is 0 Å². The fraction of sp³-hybridized carbons (Fsp3) is 0.667. The molecule has 8 heteroatoms. The first-order chi connectivity index (χ1) is 4.42. The van der Waals surface area contributed by atoms with Crippen LogP contribution in [0, 0.1) is 0 Å². The summed E-state index contributed by atoms with van der Waals surface area (Å²) in [5.41, 5.74) is 0. The lowest BCUT2D eigenvalue weighted by Crippen LogP contribution is -2.00. The molecule has 0 aromatic heterocycles. The van der Waals surface area contributed by atoms with Gasteiger partial charge in [-0.25, -0.2) is 4.57 Å². The third-order valence-electron chi connectivity index (χ3n) is 0.575. The minimum absolute atomic E-state index is 0. The van der Waals surface area contributed by atoms with E-state index in [0.29, 0.717) is 0 Å². The van der Waals surface area contributed by atoms with E-state index in [4.69, 9.17) is 14.9 Å². The smallest absolute Gasteiger partial charge is 0.469 e. The molecule has 68 valence electrons. The van der Waals surface area contributed by atoms with E-state index in [0.717, 1.165) is 0 Å². The molecule has 3 N–H and O–H groups in total. The third-order valence-corrected chi connectivity index (χ3v) is 1.09. The molecule has 0 aromatic carbocycles. The summed E-state index contributed by atoms with van der Waals surface area (Å²) < 4.78 is 13.7. The fourth-order valence-electron chi connectivity index (χ4n) is 0.252. The number of carboxylic acids is 1. The van der Waals surface area contributed by atoms with Crippen molar-refractivity contribution in [1.82, 2.24) is 0 Å². The van der Waals surface area contributed by atoms with Gasteiger partial charge in [0.1, 0.15) is 0 Å². The first-order valence-electron chi connectivity index (χ1n) is 2.34. The second-order valence-electron chi connectivity index (χ2n) is 1.47. The summed E-state index contributed by atoms with van der Waals surface area (Å²) in [5.74, 6) is -1.16. The van der Waals surface area contributed by atoms with Crippen LogP contribution < -0.4 is 0 Å². The molecule has 6 nitrogen and oxygen atoms in total. The summed E-state index contributed by atoms with van der Waals surface area (Å²) in [6, 6.07) is 0. The molecule has 0 aliphatic heterocycles. The minimum atomic E-state index is -4.49. The van der Waals surface area contributed by atoms with E-state index in [2.05, 4.69) is 4.52 Å². The van der Waals surface area contributed by atoms with Crippen LogP contribution in [0.4, 0.5) is 0 Å². The molecule has 11 heavy (non-hydrogen) atoms. The van der Waals surface area contributed by atoms with E-state index in [1.807, 2.05) is 0 Å². The van der Waals surface area contributed by atoms with Gasteiger partial charge in [-0.2, -0.15) is 0 Å². The monoisotopic (exact) mass is 206 g/mol. The van der Waals surface area contributed by atoms with E-state index < -0.39 is 26.8 Å². The molecule has 0 spiro atoms. The molecule has 0 aliphatic carbocycles. The van der Waals surface area contributed by atoms with Gasteiger partial charge in [-0.3, -0.25) is 9.32 Å². The van der Waals surface area contributed by atoms with Crippen LogP contribution in [0.25, 0.3) is 0 Å². The van der Waals surface area contributed by atoms with Crippen LogP contribution in [0.2, 0.25) is 0 Å². The van der Waals surface area contributed by atoms with E-state index in [1.54, 1.807) is 0 Å². The number of phosphoric acid groups is 1. The summed E-state index contributed by atoms with van der Waals surface area (Å²) >= 11 is 0. The Bertz CT molecular complexity index is 163. The number of aliphatic carboxylic acids is 1. The van der Waals surface area contributed by atoms with E-state index in [9.17, 15) is 9.36 Å². The Morgan fingerprint density at radius 1 is 1.45 bits per heavy atom. The predicted octanol–water partition coefficient (Wildman–Crippen LogP) is -0.00780. The van der Waals surface area contributed by atoms with Crippen molar-refractivity contribution in [3.63, 3.8) is 0 Å². The van der Waals surface area contributed by atoms with E-state index in [-0.39, 0.29) is 12.4 Å². The van der Waals surface area contributed by atoms with Crippen molar-refractivity contribution >= 4 is 26.2 Å². The molecule has 0 bridgehead atoms. The molecule has 0 heterocycles. The lowest BCUT2D eigenvalue weighted by Gasteiger charge is -2.01. The topological polar surface area (TPSA) is 104 Å². The first kappa shape index (κ1) is 13.5. The molecule has 0 radical (unpaired) electrons. The van der Waals surface area contributed by atoms with Gasteiger partial charge < -0.3 is 14.9 Å². The van der Waals surface area contributed by atoms with Crippen molar-refractivity contribution in [2.24, 2.45) is 0 Å². The van der Waals surface area contributed by atoms with Gasteiger partial charge in [0.2, 0.25) is 0 Å². The van der Waals surface area contributed by atoms with Gasteiger partial charge in [-0.15, -0.1) is 12.4 Å². The summed E-state index contributed by atoms with van der Waals surface area (Å²) in [7, 11) is -4.49. The van der Waals surface area contributed by atoms with Crippen LogP contribution >= 0.6 is 20.2 Å². The molecule has 0 fully saturated rings. The standard InChI is InChI=1S/C3H7O6P.ClH/c4-3(5)1-2-9-10(6,7)8;/h1-2H2,(H,4,5)(H2,6,7,8);1H. The van der Waals surface area contributed by atoms with Crippen LogP contribution in [-0.2, 0) is 13.9 Å². The zero-order valence-electron chi connectivity index (χ0n) is 5.34. The molecule has 0 saturated heterocycles. The molecule has 0 unspecified atom stereocenters. The number of hydrogen-bond donors (Lipinski definition) is 3. The Balaban J connectivity index is 0. The molecular weight excluding hydrogens is 198 g/mol. The normalized spacial score (nSPS) is 10.4. The van der Waals surface area contributed by atoms with Crippen molar-refractivity contribution in [1.29, 1.82) is 0 Å². The van der Waals surface area contributed by atoms with E-state index >= 15 is 0 Å². The number of halogens is 1. The quantitative estimate of drug-likeness (QED) is 0.559. The van der Waals surface area contributed by atoms with Crippen LogP contribution in [-0.4, -0.2) is 27.5 Å². The number of phosphoric ester groups is 1. The average molecular weight is 207 g/mol. The minimum Gasteiger partial charge on any atom is -0.481 e. The highest BCUT2D eigenvalue weighted by atomic mass is 35.5. The fourth-order valence-corrected chi connectivity index (χ4v) is 0.581. The van der Waals surface area contributed by atoms with Gasteiger partial charge in [0.05, 0.1) is 13.0 Å². The van der Waals surface area contributed by atoms with Gasteiger partial charge in [0, 0.05) is 0 Å². The average Bonchev–Trinajstić information content (AvgIpc) is 1.59. The molecule has 0 atom stereocenters. The second-order valence-corrected chi connectivity index (χ2v) is 2.71. The first-order valence-corrected chi connectivity index (χ1v) is 3.87. The largest absolute Gasteiger partial charge is 0.481 e. The maximum atomic E-state index is 9.89. The Kier molecular flexibility index (Phi) is 6.74. The Labute approximate surface area is 68.8 Å². The highest BCUT2D eigenvalue weighted by Gasteiger charge is 2.13. The summed E-state index contributed by atoms with van der Waals surface area (Å²) in [4.78, 5) is 25.8. The van der Waals surface area contributed by atoms with Crippen LogP contribution in [0.15, 0.2) is 0 Å². The number of carbonyl (C=O) groups is 1. The molecule has 0 aliphatic rings. The molecule has 0 saturated carbocycles. The maximum Gasteiger partial charge on any atom is 0.469 e. The zero-order valence-corrected chi connectivity index (χ0v) is 7.05. The summed E-state index contributed by atoms with van der Waals surface area (Å²) in [6.07, 6.45) is -0.412. The third kappa shape index (κ3) is 13.0. The van der Waals surface area contributed by atoms with Gasteiger partial charge in [-0.05, 0) is 0 Å². The number of carboxylic acid groups (broad SMARTS) is 1. The predicted molar refractivity (Wildman–Crippen MR) is 37.5 cm³/mol. The second kappa shape index (κ2) is 5.51.